The molecular formula is C26H31ClF6N9O7+. The number of aromatic nitrogens is 4. The van der Waals surface area contributed by atoms with E-state index >= 15 is 0 Å². The summed E-state index contributed by atoms with van der Waals surface area (Å²) in [6.45, 7) is 3.12. The molecule has 16 nitrogen and oxygen atoms in total. The summed E-state index contributed by atoms with van der Waals surface area (Å²) < 4.78 is 78.4. The number of anilines is 2. The van der Waals surface area contributed by atoms with Gasteiger partial charge in [-0.3, -0.25) is 9.59 Å². The van der Waals surface area contributed by atoms with E-state index in [1.807, 2.05) is 30.5 Å². The standard InChI is InChI=1S/C24H29ClF3N9O5.C2HF3O2/c1-5-36-15-10-13(41-4)6-7-14(15)37(12-16(38)30-8-9-35(2)3)17(36)11-31-22(39)18-21(33-20(29)19(25)32-18)34-42-23(40)24(26,27)28;3-2(4,5)1(6)7/h6-7,10H,5,8-9,11-12H2,1-4H3,(H4-,29,30,31,33,34,38,39);(H,6,7)/p+1. The number of methoxy groups -OCH3 is 1. The maximum Gasteiger partial charge on any atom is 0.493 e. The van der Waals surface area contributed by atoms with Crippen molar-refractivity contribution in [3.63, 3.8) is 0 Å². The number of alkyl halides is 6. The van der Waals surface area contributed by atoms with E-state index in [1.165, 1.54) is 7.11 Å². The second-order valence-electron chi connectivity index (χ2n) is 9.83. The van der Waals surface area contributed by atoms with Gasteiger partial charge in [-0.05, 0) is 33.2 Å². The second-order valence-corrected chi connectivity index (χ2v) is 10.2. The number of carbonyl (C=O) groups excluding carboxylic acids is 3. The van der Waals surface area contributed by atoms with Gasteiger partial charge in [0, 0.05) is 19.2 Å². The Bertz CT molecular complexity index is 1680. The molecule has 3 aromatic rings. The number of fused-ring (bicyclic) bond motifs is 1. The van der Waals surface area contributed by atoms with Gasteiger partial charge in [0.05, 0.1) is 13.7 Å². The average Bonchev–Trinajstić information content (AvgIpc) is 3.29. The Morgan fingerprint density at radius 3 is 2.24 bits per heavy atom. The number of rotatable bonds is 12. The number of nitrogens with two attached hydrogens (primary N) is 1. The highest BCUT2D eigenvalue weighted by molar-refractivity contribution is 6.31. The highest BCUT2D eigenvalue weighted by Gasteiger charge is 2.42. The van der Waals surface area contributed by atoms with Gasteiger partial charge in [0.15, 0.2) is 40.1 Å². The molecule has 0 bridgehead atoms. The number of carboxylic acids is 1. The van der Waals surface area contributed by atoms with E-state index < -0.39 is 52.7 Å². The van der Waals surface area contributed by atoms with Gasteiger partial charge in [0.2, 0.25) is 0 Å². The Labute approximate surface area is 278 Å². The molecule has 0 spiro atoms. The van der Waals surface area contributed by atoms with Crippen LogP contribution < -0.4 is 31.2 Å². The number of aryl methyl sites for hydroxylation is 1. The fourth-order valence-electron chi connectivity index (χ4n) is 3.89. The van der Waals surface area contributed by atoms with Gasteiger partial charge in [-0.15, -0.1) is 0 Å². The van der Waals surface area contributed by atoms with E-state index in [1.54, 1.807) is 28.2 Å². The van der Waals surface area contributed by atoms with Gasteiger partial charge < -0.3 is 35.9 Å². The number of aliphatic carboxylic acids is 1. The fraction of sp³-hybridized carbons (Fsp3) is 0.423. The minimum Gasteiger partial charge on any atom is -0.497 e. The van der Waals surface area contributed by atoms with E-state index in [0.29, 0.717) is 36.7 Å². The maximum atomic E-state index is 13.2. The van der Waals surface area contributed by atoms with Crippen LogP contribution in [0.2, 0.25) is 5.15 Å². The molecular weight excluding hydrogens is 700 g/mol. The summed E-state index contributed by atoms with van der Waals surface area (Å²) in [5.41, 5.74) is 8.04. The predicted molar refractivity (Wildman–Crippen MR) is 158 cm³/mol. The molecule has 270 valence electrons. The van der Waals surface area contributed by atoms with E-state index in [0.717, 1.165) is 5.52 Å². The van der Waals surface area contributed by atoms with Gasteiger partial charge in [-0.2, -0.15) is 31.8 Å². The first-order valence-electron chi connectivity index (χ1n) is 13.7. The fourth-order valence-corrected chi connectivity index (χ4v) is 4.02. The monoisotopic (exact) mass is 730 g/mol. The zero-order chi connectivity index (χ0) is 37.3. The van der Waals surface area contributed by atoms with Crippen LogP contribution in [0.5, 0.6) is 5.75 Å². The summed E-state index contributed by atoms with van der Waals surface area (Å²) >= 11 is 5.89. The van der Waals surface area contributed by atoms with Crippen molar-refractivity contribution >= 4 is 58.0 Å². The van der Waals surface area contributed by atoms with Crippen LogP contribution in [0.1, 0.15) is 23.2 Å². The zero-order valence-corrected chi connectivity index (χ0v) is 26.9. The lowest BCUT2D eigenvalue weighted by Gasteiger charge is -2.12. The Morgan fingerprint density at radius 2 is 1.71 bits per heavy atom. The Kier molecular flexibility index (Phi) is 13.7. The third kappa shape index (κ3) is 11.2. The largest absolute Gasteiger partial charge is 0.497 e. The molecule has 0 radical (unpaired) electrons. The lowest BCUT2D eigenvalue weighted by molar-refractivity contribution is -0.667. The van der Waals surface area contributed by atoms with Crippen molar-refractivity contribution < 1.29 is 64.8 Å². The third-order valence-corrected chi connectivity index (χ3v) is 6.38. The van der Waals surface area contributed by atoms with E-state index in [2.05, 4.69) is 25.4 Å². The lowest BCUT2D eigenvalue weighted by atomic mass is 10.3. The Balaban J connectivity index is 0.00000107. The maximum absolute atomic E-state index is 13.2. The predicted octanol–water partition coefficient (Wildman–Crippen LogP) is 1.66. The summed E-state index contributed by atoms with van der Waals surface area (Å²) in [6, 6.07) is 5.30. The van der Waals surface area contributed by atoms with Crippen molar-refractivity contribution in [1.82, 2.24) is 30.1 Å². The number of carboxylic acid groups (broad SMARTS) is 1. The van der Waals surface area contributed by atoms with Crippen molar-refractivity contribution in [3.8, 4) is 5.75 Å². The molecule has 0 unspecified atom stereocenters. The molecule has 3 rings (SSSR count). The zero-order valence-electron chi connectivity index (χ0n) is 26.1. The molecule has 0 atom stereocenters. The number of hydrogen-bond donors (Lipinski definition) is 5. The summed E-state index contributed by atoms with van der Waals surface area (Å²) in [5.74, 6) is -6.59. The Morgan fingerprint density at radius 1 is 1.08 bits per heavy atom. The molecule has 0 aliphatic heterocycles. The number of nitrogens with zero attached hydrogens (tertiary/aromatic N) is 5. The van der Waals surface area contributed by atoms with Crippen molar-refractivity contribution in [1.29, 1.82) is 0 Å². The third-order valence-electron chi connectivity index (χ3n) is 6.10. The molecule has 2 amide bonds. The highest BCUT2D eigenvalue weighted by Crippen LogP contribution is 2.23. The van der Waals surface area contributed by atoms with Gasteiger partial charge >= 0.3 is 24.3 Å². The number of imidazole rings is 1. The molecule has 0 aliphatic rings. The summed E-state index contributed by atoms with van der Waals surface area (Å²) in [6.07, 6.45) is -10.4. The quantitative estimate of drug-likeness (QED) is 0.103. The van der Waals surface area contributed by atoms with E-state index in [-0.39, 0.29) is 19.0 Å². The van der Waals surface area contributed by atoms with Crippen LogP contribution in [0.4, 0.5) is 38.0 Å². The van der Waals surface area contributed by atoms with Crippen molar-refractivity contribution in [2.45, 2.75) is 38.9 Å². The number of halogens is 7. The number of amides is 2. The van der Waals surface area contributed by atoms with Gasteiger partial charge in [-0.1, -0.05) is 11.6 Å². The molecule has 0 aliphatic carbocycles. The van der Waals surface area contributed by atoms with Crippen molar-refractivity contribution in [2.75, 3.05) is 45.5 Å². The minimum absolute atomic E-state index is 0.0812. The van der Waals surface area contributed by atoms with E-state index in [4.69, 9.17) is 32.0 Å². The number of nitrogen functional groups attached to an aromatic ring is 1. The molecule has 2 aromatic heterocycles. The molecule has 0 saturated heterocycles. The summed E-state index contributed by atoms with van der Waals surface area (Å²) in [4.78, 5) is 59.4. The lowest BCUT2D eigenvalue weighted by Crippen LogP contribution is -2.48. The minimum atomic E-state index is -5.32. The second kappa shape index (κ2) is 16.8. The Hall–Kier alpha value is -5.12. The van der Waals surface area contributed by atoms with Crippen LogP contribution in [-0.4, -0.2) is 94.9 Å². The van der Waals surface area contributed by atoms with Gasteiger partial charge in [0.25, 0.3) is 17.6 Å². The molecule has 49 heavy (non-hydrogen) atoms. The van der Waals surface area contributed by atoms with Crippen LogP contribution in [0, 0.1) is 0 Å². The molecule has 0 saturated carbocycles. The number of ether oxygens (including phenoxy) is 1. The first-order valence-corrected chi connectivity index (χ1v) is 14.0. The molecule has 2 heterocycles. The van der Waals surface area contributed by atoms with Crippen molar-refractivity contribution in [3.05, 3.63) is 34.9 Å². The van der Waals surface area contributed by atoms with Crippen LogP contribution in [0.15, 0.2) is 18.2 Å². The van der Waals surface area contributed by atoms with E-state index in [9.17, 15) is 40.7 Å². The van der Waals surface area contributed by atoms with Gasteiger partial charge in [0.1, 0.15) is 12.3 Å². The summed E-state index contributed by atoms with van der Waals surface area (Å²) in [5, 5.41) is 12.2. The van der Waals surface area contributed by atoms with Gasteiger partial charge in [-0.25, -0.2) is 28.7 Å². The normalized spacial score (nSPS) is 11.4. The van der Waals surface area contributed by atoms with Crippen LogP contribution in [0.3, 0.4) is 0 Å². The first-order chi connectivity index (χ1) is 22.7. The first kappa shape index (κ1) is 40.1. The summed E-state index contributed by atoms with van der Waals surface area (Å²) in [7, 11) is 5.28. The topological polar surface area (TPSA) is 207 Å². The average molecular weight is 731 g/mol. The number of hydrogen-bond acceptors (Lipinski definition) is 11. The number of nitrogens with one attached hydrogen (secondary N) is 3. The molecule has 1 aromatic carbocycles. The highest BCUT2D eigenvalue weighted by atomic mass is 35.5. The molecule has 23 heteroatoms. The molecule has 0 fully saturated rings. The smallest absolute Gasteiger partial charge is 0.493 e. The van der Waals surface area contributed by atoms with Crippen LogP contribution in [0.25, 0.3) is 11.0 Å². The molecule has 6 N–H and O–H groups in total. The van der Waals surface area contributed by atoms with Crippen molar-refractivity contribution in [2.24, 2.45) is 0 Å². The number of benzene rings is 1. The van der Waals surface area contributed by atoms with Crippen LogP contribution in [-0.2, 0) is 38.9 Å². The van der Waals surface area contributed by atoms with Crippen LogP contribution >= 0.6 is 11.6 Å². The number of likely N-dealkylation sites (N-methyl/N-ethyl adjacent to an activating group) is 1. The number of carbonyl (C=O) groups is 4. The SMILES string of the molecule is CCn1c(CNC(=O)c2nc(Cl)c(N)nc2NOC(=O)C(F)(F)F)[n+](CC(=O)NCCN(C)C)c2ccc(OC)cc21.O=C(O)C(F)(F)F.